The van der Waals surface area contributed by atoms with Crippen molar-refractivity contribution in [1.29, 1.82) is 0 Å². The number of hydrogen-bond acceptors (Lipinski definition) is 1. The Morgan fingerprint density at radius 1 is 0.239 bits per heavy atom. The fourth-order valence-corrected chi connectivity index (χ4v) is 18.0. The SMILES string of the molecule is C.CC(C)/C=C\C(C)C.CC(C)C1=C(C(C)C)CCC1.CC(C)C1=C(C(C)C)CCCC1.CC(C)C1=C(C(C)C)CCCCC1.CC(C)C1CCCC1C(C)C.CC(C)C1CCCCC1C(C)C.CC(C)C1CCCCCC1C(C)C.CC(C)C1CCCN1C(C)C. The molecule has 7 aliphatic rings. The molecule has 1 aliphatic heterocycles. The van der Waals surface area contributed by atoms with E-state index in [2.05, 4.69) is 239 Å². The minimum atomic E-state index is 0. The van der Waals surface area contributed by atoms with Gasteiger partial charge in [0.1, 0.15) is 0 Å². The molecule has 3 saturated carbocycles. The van der Waals surface area contributed by atoms with E-state index in [1.54, 1.807) is 33.4 Å². The summed E-state index contributed by atoms with van der Waals surface area (Å²) in [6.45, 7) is 76.1. The van der Waals surface area contributed by atoms with Crippen LogP contribution < -0.4 is 0 Å². The molecule has 0 aromatic carbocycles. The third-order valence-corrected chi connectivity index (χ3v) is 23.3. The van der Waals surface area contributed by atoms with Crippen LogP contribution >= 0.6 is 0 Å². The molecule has 0 aromatic heterocycles. The minimum absolute atomic E-state index is 0. The number of likely N-dealkylation sites (tertiary alicyclic amines) is 1. The number of hydrogen-bond donors (Lipinski definition) is 0. The van der Waals surface area contributed by atoms with Gasteiger partial charge in [-0.3, -0.25) is 4.90 Å². The third-order valence-electron chi connectivity index (χ3n) is 23.3. The summed E-state index contributed by atoms with van der Waals surface area (Å²) in [6.07, 6.45) is 41.8. The average molecular weight is 1290 g/mol. The third kappa shape index (κ3) is 37.2. The van der Waals surface area contributed by atoms with Gasteiger partial charge in [0.05, 0.1) is 0 Å². The van der Waals surface area contributed by atoms with Gasteiger partial charge in [-0.2, -0.15) is 0 Å². The molecule has 0 spiro atoms. The molecule has 1 saturated heterocycles. The molecule has 7 unspecified atom stereocenters. The maximum Gasteiger partial charge on any atom is 0.0121 e. The van der Waals surface area contributed by atoms with Crippen molar-refractivity contribution in [2.45, 2.75) is 408 Å². The summed E-state index contributed by atoms with van der Waals surface area (Å²) in [5.41, 5.74) is 10.6. The van der Waals surface area contributed by atoms with Crippen LogP contribution in [0.15, 0.2) is 45.6 Å². The highest BCUT2D eigenvalue weighted by atomic mass is 15.2. The van der Waals surface area contributed by atoms with Crippen LogP contribution in [0, 0.1) is 124 Å². The Balaban J connectivity index is 0. The van der Waals surface area contributed by atoms with Crippen molar-refractivity contribution >= 4 is 0 Å². The highest BCUT2D eigenvalue weighted by Crippen LogP contribution is 2.43. The summed E-state index contributed by atoms with van der Waals surface area (Å²) in [5, 5.41) is 0. The summed E-state index contributed by atoms with van der Waals surface area (Å²) in [5.74, 6) is 18.4. The molecule has 0 radical (unpaired) electrons. The molecule has 7 rings (SSSR count). The fraction of sp³-hybridized carbons (Fsp3) is 0.912. The maximum absolute atomic E-state index is 2.64. The number of nitrogens with zero attached hydrogens (tertiary/aromatic N) is 1. The highest BCUT2D eigenvalue weighted by molar-refractivity contribution is 5.23. The van der Waals surface area contributed by atoms with Gasteiger partial charge in [0.15, 0.2) is 0 Å². The van der Waals surface area contributed by atoms with Crippen LogP contribution in [0.3, 0.4) is 0 Å². The molecule has 0 N–H and O–H groups in total. The first-order valence-electron chi connectivity index (χ1n) is 41.1. The van der Waals surface area contributed by atoms with E-state index >= 15 is 0 Å². The minimum Gasteiger partial charge on any atom is -0.298 e. The zero-order valence-electron chi connectivity index (χ0n) is 69.0. The first kappa shape index (κ1) is 93.0. The van der Waals surface area contributed by atoms with E-state index in [0.29, 0.717) is 11.8 Å². The summed E-state index contributed by atoms with van der Waals surface area (Å²) < 4.78 is 0. The molecular formula is C91H179N. The molecule has 1 heterocycles. The molecular weight excluding hydrogens is 1110 g/mol. The smallest absolute Gasteiger partial charge is 0.0121 e. The topological polar surface area (TPSA) is 3.24 Å². The summed E-state index contributed by atoms with van der Waals surface area (Å²) in [4.78, 5) is 2.64. The lowest BCUT2D eigenvalue weighted by Gasteiger charge is -2.37. The van der Waals surface area contributed by atoms with Crippen LogP contribution in [0.4, 0.5) is 0 Å². The van der Waals surface area contributed by atoms with Crippen molar-refractivity contribution in [3.63, 3.8) is 0 Å². The van der Waals surface area contributed by atoms with Crippen molar-refractivity contribution in [2.75, 3.05) is 6.54 Å². The van der Waals surface area contributed by atoms with Crippen molar-refractivity contribution in [3.05, 3.63) is 45.6 Å². The van der Waals surface area contributed by atoms with Crippen molar-refractivity contribution < 1.29 is 0 Å². The molecule has 0 bridgehead atoms. The molecule has 4 fully saturated rings. The molecule has 0 aromatic rings. The number of allylic oxidation sites excluding steroid dienone is 8. The van der Waals surface area contributed by atoms with E-state index in [-0.39, 0.29) is 7.43 Å². The Bertz CT molecular complexity index is 1730. The lowest BCUT2D eigenvalue weighted by Crippen LogP contribution is -2.38. The van der Waals surface area contributed by atoms with Crippen molar-refractivity contribution in [1.82, 2.24) is 4.90 Å². The Hall–Kier alpha value is -1.08. The predicted molar refractivity (Wildman–Crippen MR) is 426 cm³/mol. The molecule has 7 atom stereocenters. The van der Waals surface area contributed by atoms with Crippen LogP contribution in [-0.2, 0) is 0 Å². The van der Waals surface area contributed by atoms with Crippen LogP contribution in [0.1, 0.15) is 396 Å². The fourth-order valence-electron chi connectivity index (χ4n) is 18.0. The second-order valence-corrected chi connectivity index (χ2v) is 36.2. The van der Waals surface area contributed by atoms with Gasteiger partial charge in [-0.1, -0.05) is 306 Å². The van der Waals surface area contributed by atoms with Gasteiger partial charge >= 0.3 is 0 Å². The molecule has 1 nitrogen and oxygen atoms in total. The molecule has 92 heavy (non-hydrogen) atoms. The van der Waals surface area contributed by atoms with E-state index < -0.39 is 0 Å². The zero-order valence-corrected chi connectivity index (χ0v) is 69.0. The molecule has 548 valence electrons. The molecule has 0 amide bonds. The van der Waals surface area contributed by atoms with E-state index in [0.717, 1.165) is 125 Å². The second kappa shape index (κ2) is 51.1. The van der Waals surface area contributed by atoms with E-state index in [1.165, 1.54) is 173 Å². The van der Waals surface area contributed by atoms with Gasteiger partial charge in [0.2, 0.25) is 0 Å². The van der Waals surface area contributed by atoms with Crippen LogP contribution in [-0.4, -0.2) is 23.5 Å². The normalized spacial score (nSPS) is 24.3. The average Bonchev–Trinajstić information content (AvgIpc) is 2.57. The quantitative estimate of drug-likeness (QED) is 0.110. The van der Waals surface area contributed by atoms with Crippen LogP contribution in [0.5, 0.6) is 0 Å². The standard InChI is InChI=1S/C13H26.C13H24.C12H24.C12H22.C11H22.C11H20.C10H21N.C8H16.CH4/c2*1-10(2)12-8-6-5-7-9-13(12)11(3)4;2*1-9(2)11-7-5-6-8-12(11)10(3)4;3*1-8(2)10-6-5-7-11(10)9(3)4;1-7(2)5-6-8(3)4;/h10-13H,5-9H2,1-4H3;10-11H,5-9H2,1-4H3;9-12H,5-8H2,1-4H3;9-10H,5-8H2,1-4H3;8-11H,5-7H2,1-4H3;8-9H,5-7H2,1-4H3;8-10H,5-7H2,1-4H3;5-8H,1-4H3;1H4/b;;;;;;;6-5-;. The first-order chi connectivity index (χ1) is 42.5. The summed E-state index contributed by atoms with van der Waals surface area (Å²) >= 11 is 0. The van der Waals surface area contributed by atoms with Crippen molar-refractivity contribution in [3.8, 4) is 0 Å². The van der Waals surface area contributed by atoms with Crippen molar-refractivity contribution in [2.24, 2.45) is 124 Å². The molecule has 6 aliphatic carbocycles. The first-order valence-corrected chi connectivity index (χ1v) is 41.1. The largest absolute Gasteiger partial charge is 0.298 e. The van der Waals surface area contributed by atoms with Gasteiger partial charge in [-0.15, -0.1) is 0 Å². The number of rotatable bonds is 16. The van der Waals surface area contributed by atoms with Gasteiger partial charge in [-0.05, 0) is 267 Å². The Kier molecular flexibility index (Phi) is 51.7. The lowest BCUT2D eigenvalue weighted by atomic mass is 9.69. The Morgan fingerprint density at radius 3 is 0.663 bits per heavy atom. The lowest BCUT2D eigenvalue weighted by molar-refractivity contribution is 0.136. The monoisotopic (exact) mass is 1290 g/mol. The van der Waals surface area contributed by atoms with Gasteiger partial charge in [0.25, 0.3) is 0 Å². The van der Waals surface area contributed by atoms with Gasteiger partial charge in [0, 0.05) is 12.1 Å². The maximum atomic E-state index is 2.64. The summed E-state index contributed by atoms with van der Waals surface area (Å²) in [6, 6.07) is 1.60. The molecule has 1 heteroatoms. The van der Waals surface area contributed by atoms with E-state index in [9.17, 15) is 0 Å². The second-order valence-electron chi connectivity index (χ2n) is 36.2. The van der Waals surface area contributed by atoms with E-state index in [1.807, 2.05) is 0 Å². The van der Waals surface area contributed by atoms with Crippen LogP contribution in [0.25, 0.3) is 0 Å². The van der Waals surface area contributed by atoms with Crippen LogP contribution in [0.2, 0.25) is 0 Å². The predicted octanol–water partition coefficient (Wildman–Crippen LogP) is 30.8. The highest BCUT2D eigenvalue weighted by Gasteiger charge is 2.33. The zero-order chi connectivity index (χ0) is 69.8. The Morgan fingerprint density at radius 2 is 0.457 bits per heavy atom. The Labute approximate surface area is 586 Å². The van der Waals surface area contributed by atoms with Gasteiger partial charge < -0.3 is 0 Å². The summed E-state index contributed by atoms with van der Waals surface area (Å²) in [7, 11) is 0. The van der Waals surface area contributed by atoms with E-state index in [4.69, 9.17) is 0 Å². The van der Waals surface area contributed by atoms with Gasteiger partial charge in [-0.25, -0.2) is 0 Å².